The Morgan fingerprint density at radius 1 is 1.29 bits per heavy atom. The Balaban J connectivity index is 1.16. The molecule has 5 nitrogen and oxygen atoms in total. The number of pyridine rings is 1. The summed E-state index contributed by atoms with van der Waals surface area (Å²) < 4.78 is 6.90. The van der Waals surface area contributed by atoms with Crippen molar-refractivity contribution < 1.29 is 9.84 Å². The van der Waals surface area contributed by atoms with Gasteiger partial charge in [0.15, 0.2) is 0 Å². The molecule has 28 heavy (non-hydrogen) atoms. The van der Waals surface area contributed by atoms with E-state index in [-0.39, 0.29) is 0 Å². The number of nitrogens with zero attached hydrogens (tertiary/aromatic N) is 3. The lowest BCUT2D eigenvalue weighted by Crippen LogP contribution is -2.49. The third-order valence-corrected chi connectivity index (χ3v) is 7.51. The molecule has 1 aromatic rings. The van der Waals surface area contributed by atoms with Gasteiger partial charge in [0.05, 0.1) is 19.3 Å². The Kier molecular flexibility index (Phi) is 6.12. The number of piperazine rings is 1. The van der Waals surface area contributed by atoms with Gasteiger partial charge in [0, 0.05) is 43.4 Å². The van der Waals surface area contributed by atoms with E-state index in [2.05, 4.69) is 50.6 Å². The van der Waals surface area contributed by atoms with E-state index in [9.17, 15) is 5.11 Å². The molecule has 154 valence electrons. The quantitative estimate of drug-likeness (QED) is 0.646. The molecular weight excluding hydrogens is 418 g/mol. The third kappa shape index (κ3) is 4.30. The molecule has 1 N–H and O–H groups in total. The predicted octanol–water partition coefficient (Wildman–Crippen LogP) is 3.34. The van der Waals surface area contributed by atoms with E-state index >= 15 is 0 Å². The average Bonchev–Trinajstić information content (AvgIpc) is 2.69. The molecule has 1 saturated heterocycles. The Labute approximate surface area is 176 Å². The van der Waals surface area contributed by atoms with Gasteiger partial charge in [0.2, 0.25) is 0 Å². The van der Waals surface area contributed by atoms with Crippen LogP contribution in [-0.2, 0) is 4.74 Å². The molecule has 4 aliphatic rings. The second-order valence-corrected chi connectivity index (χ2v) is 10.0. The summed E-state index contributed by atoms with van der Waals surface area (Å²) in [5.74, 6) is 2.57. The summed E-state index contributed by atoms with van der Waals surface area (Å²) in [5.41, 5.74) is 1.89. The number of aliphatic hydroxyl groups excluding tert-OH is 1. The molecule has 0 amide bonds. The normalized spacial score (nSPS) is 27.9. The molecule has 3 unspecified atom stereocenters. The SMILES string of the molecule is CC1(C)C2CC=C(COCC(O)CN3CCN(c4ccc(Br)cn4)CC3)C1C2. The molecule has 1 aliphatic heterocycles. The van der Waals surface area contributed by atoms with Crippen molar-refractivity contribution in [2.24, 2.45) is 17.3 Å². The zero-order valence-electron chi connectivity index (χ0n) is 17.0. The van der Waals surface area contributed by atoms with Crippen LogP contribution in [0.3, 0.4) is 0 Å². The minimum Gasteiger partial charge on any atom is -0.389 e. The standard InChI is InChI=1S/C22H32BrN3O2/c1-22(2)17-4-3-16(20(22)11-17)14-28-15-19(27)13-25-7-9-26(10-8-25)21-6-5-18(23)12-24-21/h3,5-6,12,17,19-20,27H,4,7-11,13-15H2,1-2H3. The zero-order valence-corrected chi connectivity index (χ0v) is 18.6. The number of rotatable bonds is 7. The molecule has 0 spiro atoms. The van der Waals surface area contributed by atoms with Crippen molar-refractivity contribution in [1.29, 1.82) is 0 Å². The van der Waals surface area contributed by atoms with E-state index in [1.54, 1.807) is 0 Å². The minimum atomic E-state index is -0.427. The lowest BCUT2D eigenvalue weighted by Gasteiger charge is -2.56. The number of aliphatic hydroxyl groups is 1. The largest absolute Gasteiger partial charge is 0.389 e. The van der Waals surface area contributed by atoms with Crippen LogP contribution in [0, 0.1) is 17.3 Å². The van der Waals surface area contributed by atoms with Crippen LogP contribution in [-0.4, -0.2) is 67.0 Å². The Morgan fingerprint density at radius 3 is 2.71 bits per heavy atom. The van der Waals surface area contributed by atoms with Gasteiger partial charge in [-0.25, -0.2) is 4.98 Å². The summed E-state index contributed by atoms with van der Waals surface area (Å²) in [6.45, 7) is 10.3. The van der Waals surface area contributed by atoms with Crippen LogP contribution in [0.5, 0.6) is 0 Å². The van der Waals surface area contributed by atoms with Crippen molar-refractivity contribution in [3.63, 3.8) is 0 Å². The van der Waals surface area contributed by atoms with Crippen molar-refractivity contribution in [2.75, 3.05) is 50.8 Å². The summed E-state index contributed by atoms with van der Waals surface area (Å²) in [6.07, 6.45) is 6.31. The fraction of sp³-hybridized carbons (Fsp3) is 0.682. The number of aromatic nitrogens is 1. The molecule has 2 bridgehead atoms. The van der Waals surface area contributed by atoms with E-state index in [4.69, 9.17) is 4.74 Å². The smallest absolute Gasteiger partial charge is 0.128 e. The van der Waals surface area contributed by atoms with Crippen LogP contribution in [0.15, 0.2) is 34.5 Å². The molecule has 3 aliphatic carbocycles. The second-order valence-electron chi connectivity index (χ2n) is 9.11. The summed E-state index contributed by atoms with van der Waals surface area (Å²) >= 11 is 3.43. The summed E-state index contributed by atoms with van der Waals surface area (Å²) in [4.78, 5) is 9.10. The van der Waals surface area contributed by atoms with Crippen molar-refractivity contribution in [2.45, 2.75) is 32.8 Å². The van der Waals surface area contributed by atoms with E-state index < -0.39 is 6.10 Å². The first-order chi connectivity index (χ1) is 13.4. The lowest BCUT2D eigenvalue weighted by molar-refractivity contribution is -0.0262. The number of allylic oxidation sites excluding steroid dienone is 1. The predicted molar refractivity (Wildman–Crippen MR) is 115 cm³/mol. The maximum atomic E-state index is 10.4. The molecule has 0 radical (unpaired) electrons. The first kappa shape index (κ1) is 20.3. The lowest BCUT2D eigenvalue weighted by atomic mass is 9.49. The van der Waals surface area contributed by atoms with Crippen LogP contribution in [0.1, 0.15) is 26.7 Å². The Morgan fingerprint density at radius 2 is 2.07 bits per heavy atom. The molecule has 2 fully saturated rings. The Bertz CT molecular complexity index is 698. The Hall–Kier alpha value is -0.950. The number of hydrogen-bond donors (Lipinski definition) is 1. The number of ether oxygens (including phenoxy) is 1. The topological polar surface area (TPSA) is 48.8 Å². The van der Waals surface area contributed by atoms with Crippen LogP contribution in [0.2, 0.25) is 0 Å². The molecule has 1 aromatic heterocycles. The first-order valence-corrected chi connectivity index (χ1v) is 11.3. The van der Waals surface area contributed by atoms with Crippen LogP contribution >= 0.6 is 15.9 Å². The fourth-order valence-electron chi connectivity index (χ4n) is 5.02. The number of anilines is 1. The highest BCUT2D eigenvalue weighted by Gasteiger charge is 2.50. The molecule has 0 aromatic carbocycles. The number of β-amino-alcohol motifs (C(OH)–C–C–N with tert-alkyl or cyclic N) is 1. The van der Waals surface area contributed by atoms with Gasteiger partial charge in [-0.3, -0.25) is 4.90 Å². The van der Waals surface area contributed by atoms with Gasteiger partial charge in [-0.15, -0.1) is 0 Å². The van der Waals surface area contributed by atoms with Gasteiger partial charge < -0.3 is 14.7 Å². The van der Waals surface area contributed by atoms with Crippen LogP contribution < -0.4 is 4.90 Å². The molecule has 1 saturated carbocycles. The maximum Gasteiger partial charge on any atom is 0.128 e. The van der Waals surface area contributed by atoms with Gasteiger partial charge in [0.25, 0.3) is 0 Å². The minimum absolute atomic E-state index is 0.419. The van der Waals surface area contributed by atoms with E-state index in [0.29, 0.717) is 31.1 Å². The van der Waals surface area contributed by atoms with E-state index in [1.165, 1.54) is 18.4 Å². The van der Waals surface area contributed by atoms with E-state index in [0.717, 1.165) is 42.4 Å². The van der Waals surface area contributed by atoms with Gasteiger partial charge in [0.1, 0.15) is 5.82 Å². The zero-order chi connectivity index (χ0) is 19.7. The number of hydrogen-bond acceptors (Lipinski definition) is 5. The van der Waals surface area contributed by atoms with Gasteiger partial charge in [-0.1, -0.05) is 19.9 Å². The highest BCUT2D eigenvalue weighted by atomic mass is 79.9. The maximum absolute atomic E-state index is 10.4. The highest BCUT2D eigenvalue weighted by Crippen LogP contribution is 2.59. The fourth-order valence-corrected chi connectivity index (χ4v) is 5.25. The first-order valence-electron chi connectivity index (χ1n) is 10.5. The number of fused-ring (bicyclic) bond motifs is 1. The van der Waals surface area contributed by atoms with Crippen LogP contribution in [0.25, 0.3) is 0 Å². The monoisotopic (exact) mass is 449 g/mol. The van der Waals surface area contributed by atoms with Crippen molar-refractivity contribution in [3.05, 3.63) is 34.5 Å². The van der Waals surface area contributed by atoms with Gasteiger partial charge in [-0.05, 0) is 63.7 Å². The van der Waals surface area contributed by atoms with Crippen LogP contribution in [0.4, 0.5) is 5.82 Å². The summed E-state index contributed by atoms with van der Waals surface area (Å²) in [6, 6.07) is 4.08. The highest BCUT2D eigenvalue weighted by molar-refractivity contribution is 9.10. The molecule has 6 heteroatoms. The molecular formula is C22H32BrN3O2. The molecule has 3 atom stereocenters. The molecule has 5 rings (SSSR count). The summed E-state index contributed by atoms with van der Waals surface area (Å²) in [5, 5.41) is 10.4. The molecule has 2 heterocycles. The van der Waals surface area contributed by atoms with E-state index in [1.807, 2.05) is 18.3 Å². The van der Waals surface area contributed by atoms with Crippen molar-refractivity contribution in [3.8, 4) is 0 Å². The third-order valence-electron chi connectivity index (χ3n) is 7.04. The average molecular weight is 450 g/mol. The van der Waals surface area contributed by atoms with Gasteiger partial charge in [-0.2, -0.15) is 0 Å². The number of halogens is 1. The second kappa shape index (κ2) is 8.42. The summed E-state index contributed by atoms with van der Waals surface area (Å²) in [7, 11) is 0. The van der Waals surface area contributed by atoms with Crippen molar-refractivity contribution in [1.82, 2.24) is 9.88 Å². The van der Waals surface area contributed by atoms with Crippen molar-refractivity contribution >= 4 is 21.7 Å². The van der Waals surface area contributed by atoms with Gasteiger partial charge >= 0.3 is 0 Å².